The van der Waals surface area contributed by atoms with Crippen LogP contribution >= 0.6 is 0 Å². The molecular weight excluding hydrogens is 212 g/mol. The molecule has 0 N–H and O–H groups in total. The van der Waals surface area contributed by atoms with Crippen molar-refractivity contribution in [2.45, 2.75) is 53.5 Å². The number of carbonyl (C=O) groups is 1. The van der Waals surface area contributed by atoms with Gasteiger partial charge in [-0.3, -0.25) is 9.69 Å². The molecule has 0 saturated heterocycles. The second-order valence-corrected chi connectivity index (χ2v) is 5.11. The molecule has 0 atom stereocenters. The number of amides is 1. The van der Waals surface area contributed by atoms with Gasteiger partial charge in [0.2, 0.25) is 5.91 Å². The second-order valence-electron chi connectivity index (χ2n) is 5.11. The van der Waals surface area contributed by atoms with Crippen molar-refractivity contribution in [2.24, 2.45) is 5.92 Å². The maximum atomic E-state index is 12.0. The first-order valence-corrected chi connectivity index (χ1v) is 6.94. The Morgan fingerprint density at radius 3 is 2.00 bits per heavy atom. The molecule has 0 aliphatic heterocycles. The average molecular weight is 242 g/mol. The molecule has 102 valence electrons. The van der Waals surface area contributed by atoms with E-state index in [0.717, 1.165) is 13.1 Å². The molecule has 3 nitrogen and oxygen atoms in total. The Labute approximate surface area is 107 Å². The largest absolute Gasteiger partial charge is 0.342 e. The molecule has 0 saturated carbocycles. The lowest BCUT2D eigenvalue weighted by Gasteiger charge is -2.28. The molecule has 3 heteroatoms. The Bertz CT molecular complexity index is 212. The summed E-state index contributed by atoms with van der Waals surface area (Å²) < 4.78 is 0. The van der Waals surface area contributed by atoms with Crippen LogP contribution in [0.3, 0.4) is 0 Å². The van der Waals surface area contributed by atoms with E-state index in [0.29, 0.717) is 12.5 Å². The second kappa shape index (κ2) is 8.51. The zero-order valence-corrected chi connectivity index (χ0v) is 12.5. The predicted molar refractivity (Wildman–Crippen MR) is 74.1 cm³/mol. The van der Waals surface area contributed by atoms with Crippen LogP contribution in [-0.2, 0) is 4.79 Å². The summed E-state index contributed by atoms with van der Waals surface area (Å²) in [5.74, 6) is 0.944. The van der Waals surface area contributed by atoms with Crippen molar-refractivity contribution in [1.82, 2.24) is 9.80 Å². The smallest absolute Gasteiger partial charge is 0.236 e. The van der Waals surface area contributed by atoms with Gasteiger partial charge in [0.1, 0.15) is 0 Å². The summed E-state index contributed by atoms with van der Waals surface area (Å²) in [5.41, 5.74) is 0. The fourth-order valence-corrected chi connectivity index (χ4v) is 1.81. The van der Waals surface area contributed by atoms with E-state index in [-0.39, 0.29) is 11.9 Å². The van der Waals surface area contributed by atoms with E-state index in [9.17, 15) is 4.79 Å². The first-order chi connectivity index (χ1) is 7.96. The summed E-state index contributed by atoms with van der Waals surface area (Å²) >= 11 is 0. The van der Waals surface area contributed by atoms with Crippen molar-refractivity contribution < 1.29 is 4.79 Å². The molecule has 0 spiro atoms. The predicted octanol–water partition coefficient (Wildman–Crippen LogP) is 2.61. The van der Waals surface area contributed by atoms with Crippen molar-refractivity contribution in [3.05, 3.63) is 0 Å². The van der Waals surface area contributed by atoms with Crippen LogP contribution in [0.4, 0.5) is 0 Å². The first kappa shape index (κ1) is 16.4. The van der Waals surface area contributed by atoms with E-state index in [1.165, 1.54) is 12.8 Å². The highest BCUT2D eigenvalue weighted by atomic mass is 16.2. The van der Waals surface area contributed by atoms with Gasteiger partial charge in [0.05, 0.1) is 6.54 Å². The van der Waals surface area contributed by atoms with Gasteiger partial charge < -0.3 is 4.90 Å². The van der Waals surface area contributed by atoms with Gasteiger partial charge in [-0.1, -0.05) is 33.6 Å². The Kier molecular flexibility index (Phi) is 8.23. The monoisotopic (exact) mass is 242 g/mol. The summed E-state index contributed by atoms with van der Waals surface area (Å²) in [7, 11) is 1.89. The number of likely N-dealkylation sites (N-methyl/N-ethyl adjacent to an activating group) is 2. The lowest BCUT2D eigenvalue weighted by molar-refractivity contribution is -0.132. The average Bonchev–Trinajstić information content (AvgIpc) is 2.32. The van der Waals surface area contributed by atoms with Crippen LogP contribution in [0.5, 0.6) is 0 Å². The number of carbonyl (C=O) groups excluding carboxylic acids is 1. The summed E-state index contributed by atoms with van der Waals surface area (Å²) in [6, 6.07) is 0.286. The van der Waals surface area contributed by atoms with E-state index in [4.69, 9.17) is 0 Å². The van der Waals surface area contributed by atoms with Crippen LogP contribution in [0.15, 0.2) is 0 Å². The van der Waals surface area contributed by atoms with Crippen molar-refractivity contribution in [3.8, 4) is 0 Å². The Morgan fingerprint density at radius 2 is 1.65 bits per heavy atom. The summed E-state index contributed by atoms with van der Waals surface area (Å²) in [4.78, 5) is 16.1. The third-order valence-corrected chi connectivity index (χ3v) is 3.65. The highest BCUT2D eigenvalue weighted by molar-refractivity contribution is 5.78. The quantitative estimate of drug-likeness (QED) is 0.653. The van der Waals surface area contributed by atoms with Gasteiger partial charge in [-0.05, 0) is 26.3 Å². The number of hydrogen-bond acceptors (Lipinski definition) is 2. The highest BCUT2D eigenvalue weighted by Gasteiger charge is 2.17. The molecule has 1 amide bonds. The summed E-state index contributed by atoms with van der Waals surface area (Å²) in [6.45, 7) is 13.2. The lowest BCUT2D eigenvalue weighted by Crippen LogP contribution is -2.42. The van der Waals surface area contributed by atoms with Gasteiger partial charge in [-0.15, -0.1) is 0 Å². The van der Waals surface area contributed by atoms with Crippen LogP contribution in [0.2, 0.25) is 0 Å². The molecule has 0 aliphatic rings. The van der Waals surface area contributed by atoms with E-state index in [1.807, 2.05) is 11.9 Å². The third-order valence-electron chi connectivity index (χ3n) is 3.65. The van der Waals surface area contributed by atoms with Crippen LogP contribution in [0.25, 0.3) is 0 Å². The minimum absolute atomic E-state index is 0.229. The van der Waals surface area contributed by atoms with Gasteiger partial charge in [0.25, 0.3) is 0 Å². The Hall–Kier alpha value is -0.570. The zero-order chi connectivity index (χ0) is 13.4. The third kappa shape index (κ3) is 6.06. The van der Waals surface area contributed by atoms with Crippen molar-refractivity contribution >= 4 is 5.91 Å². The van der Waals surface area contributed by atoms with Crippen molar-refractivity contribution in [3.63, 3.8) is 0 Å². The van der Waals surface area contributed by atoms with Crippen LogP contribution in [0.1, 0.15) is 47.5 Å². The van der Waals surface area contributed by atoms with Crippen molar-refractivity contribution in [1.29, 1.82) is 0 Å². The van der Waals surface area contributed by atoms with E-state index in [1.54, 1.807) is 0 Å². The molecule has 0 aromatic heterocycles. The summed E-state index contributed by atoms with van der Waals surface area (Å²) in [6.07, 6.45) is 2.39. The molecule has 0 heterocycles. The van der Waals surface area contributed by atoms with Gasteiger partial charge >= 0.3 is 0 Å². The van der Waals surface area contributed by atoms with E-state index in [2.05, 4.69) is 39.5 Å². The molecule has 0 unspecified atom stereocenters. The Balaban J connectivity index is 4.25. The molecular formula is C14H30N2O. The minimum atomic E-state index is 0.229. The fourth-order valence-electron chi connectivity index (χ4n) is 1.81. The summed E-state index contributed by atoms with van der Waals surface area (Å²) in [5, 5.41) is 0. The van der Waals surface area contributed by atoms with Crippen LogP contribution in [-0.4, -0.2) is 48.4 Å². The van der Waals surface area contributed by atoms with Gasteiger partial charge in [0, 0.05) is 19.6 Å². The maximum Gasteiger partial charge on any atom is 0.236 e. The molecule has 0 fully saturated rings. The molecule has 0 rings (SSSR count). The highest BCUT2D eigenvalue weighted by Crippen LogP contribution is 2.10. The number of nitrogens with zero attached hydrogens (tertiary/aromatic N) is 2. The maximum absolute atomic E-state index is 12.0. The molecule has 0 aromatic carbocycles. The van der Waals surface area contributed by atoms with Crippen LogP contribution in [0, 0.1) is 5.92 Å². The fraction of sp³-hybridized carbons (Fsp3) is 0.929. The number of hydrogen-bond donors (Lipinski definition) is 0. The molecule has 0 aliphatic carbocycles. The first-order valence-electron chi connectivity index (χ1n) is 6.94. The molecule has 0 radical (unpaired) electrons. The molecule has 0 aromatic rings. The normalized spacial score (nSPS) is 11.6. The van der Waals surface area contributed by atoms with Crippen molar-refractivity contribution in [2.75, 3.05) is 26.7 Å². The van der Waals surface area contributed by atoms with Gasteiger partial charge in [0.15, 0.2) is 0 Å². The van der Waals surface area contributed by atoms with Gasteiger partial charge in [-0.2, -0.15) is 0 Å². The lowest BCUT2D eigenvalue weighted by atomic mass is 10.0. The molecule has 0 bridgehead atoms. The molecule has 17 heavy (non-hydrogen) atoms. The zero-order valence-electron chi connectivity index (χ0n) is 12.5. The van der Waals surface area contributed by atoms with E-state index >= 15 is 0 Å². The SMILES string of the molecule is CCC(CC)CN(CC)CC(=O)N(C)C(C)C. The topological polar surface area (TPSA) is 23.6 Å². The van der Waals surface area contributed by atoms with Gasteiger partial charge in [-0.25, -0.2) is 0 Å². The van der Waals surface area contributed by atoms with E-state index < -0.39 is 0 Å². The Morgan fingerprint density at radius 1 is 1.12 bits per heavy atom. The van der Waals surface area contributed by atoms with Crippen LogP contribution < -0.4 is 0 Å². The number of rotatable bonds is 8. The minimum Gasteiger partial charge on any atom is -0.342 e. The standard InChI is InChI=1S/C14H30N2O/c1-7-13(8-2)10-16(9-3)11-14(17)15(6)12(4)5/h12-13H,7-11H2,1-6H3.